The van der Waals surface area contributed by atoms with Crippen molar-refractivity contribution in [1.29, 1.82) is 0 Å². The molecule has 1 aliphatic carbocycles. The van der Waals surface area contributed by atoms with E-state index in [0.717, 1.165) is 23.3 Å². The average Bonchev–Trinajstić information content (AvgIpc) is 3.07. The largest absolute Gasteiger partial charge is 0.478 e. The number of carboxylic acid groups (broad SMARTS) is 1. The molecule has 1 saturated carbocycles. The van der Waals surface area contributed by atoms with Crippen molar-refractivity contribution in [1.82, 2.24) is 5.32 Å². The topological polar surface area (TPSA) is 66.4 Å². The summed E-state index contributed by atoms with van der Waals surface area (Å²) in [6, 6.07) is 1.71. The van der Waals surface area contributed by atoms with E-state index in [0.29, 0.717) is 12.1 Å². The average molecular weight is 279 g/mol. The summed E-state index contributed by atoms with van der Waals surface area (Å²) in [5.41, 5.74) is 0.599. The molecule has 0 unspecified atom stereocenters. The van der Waals surface area contributed by atoms with E-state index in [9.17, 15) is 9.59 Å². The van der Waals surface area contributed by atoms with Crippen LogP contribution in [-0.2, 0) is 4.79 Å². The van der Waals surface area contributed by atoms with Gasteiger partial charge in [0.2, 0.25) is 0 Å². The number of rotatable bonds is 7. The second-order valence-corrected chi connectivity index (χ2v) is 5.69. The van der Waals surface area contributed by atoms with Crippen LogP contribution in [0, 0.1) is 5.92 Å². The van der Waals surface area contributed by atoms with Gasteiger partial charge in [-0.3, -0.25) is 4.79 Å². The van der Waals surface area contributed by atoms with Crippen molar-refractivity contribution in [2.24, 2.45) is 5.92 Å². The number of nitrogens with one attached hydrogen (secondary N) is 1. The van der Waals surface area contributed by atoms with E-state index in [1.807, 2.05) is 0 Å². The van der Waals surface area contributed by atoms with E-state index in [1.165, 1.54) is 36.7 Å². The molecule has 19 heavy (non-hydrogen) atoms. The normalized spacial score (nSPS) is 14.7. The van der Waals surface area contributed by atoms with E-state index in [4.69, 9.17) is 5.11 Å². The Morgan fingerprint density at radius 1 is 1.47 bits per heavy atom. The minimum absolute atomic E-state index is 0.0815. The summed E-state index contributed by atoms with van der Waals surface area (Å²) in [5.74, 6) is -0.174. The Kier molecular flexibility index (Phi) is 4.74. The van der Waals surface area contributed by atoms with Crippen LogP contribution in [0.2, 0.25) is 0 Å². The van der Waals surface area contributed by atoms with Gasteiger partial charge >= 0.3 is 5.97 Å². The van der Waals surface area contributed by atoms with Crippen LogP contribution in [0.15, 0.2) is 17.5 Å². The third-order valence-electron chi connectivity index (χ3n) is 3.04. The molecule has 1 aromatic rings. The quantitative estimate of drug-likeness (QED) is 0.596. The van der Waals surface area contributed by atoms with Crippen molar-refractivity contribution < 1.29 is 14.7 Å². The van der Waals surface area contributed by atoms with Crippen LogP contribution in [-0.4, -0.2) is 23.5 Å². The lowest BCUT2D eigenvalue weighted by Crippen LogP contribution is -2.23. The van der Waals surface area contributed by atoms with Crippen molar-refractivity contribution in [3.05, 3.63) is 28.0 Å². The molecule has 1 aliphatic rings. The number of amides is 1. The molecule has 1 aromatic heterocycles. The molecule has 0 aliphatic heterocycles. The lowest BCUT2D eigenvalue weighted by atomic mass is 10.2. The van der Waals surface area contributed by atoms with Gasteiger partial charge in [0.15, 0.2) is 0 Å². The number of thiophene rings is 1. The van der Waals surface area contributed by atoms with Gasteiger partial charge in [-0.05, 0) is 30.9 Å². The molecule has 0 bridgehead atoms. The number of hydrogen-bond donors (Lipinski definition) is 2. The first kappa shape index (κ1) is 13.8. The van der Waals surface area contributed by atoms with E-state index in [-0.39, 0.29) is 5.91 Å². The van der Waals surface area contributed by atoms with Gasteiger partial charge in [-0.1, -0.05) is 12.8 Å². The minimum Gasteiger partial charge on any atom is -0.478 e. The number of carbonyl (C=O) groups is 2. The first-order valence-electron chi connectivity index (χ1n) is 6.43. The third-order valence-corrected chi connectivity index (χ3v) is 3.94. The standard InChI is InChI=1S/C14H17NO3S/c16-13(17)6-5-12-8-11(9-19-12)14(18)15-7-1-2-10-3-4-10/h5-6,8-10H,1-4,7H2,(H,15,18)(H,16,17)/b6-5+. The number of aliphatic carboxylic acids is 1. The molecular weight excluding hydrogens is 262 g/mol. The molecule has 1 amide bonds. The molecule has 0 radical (unpaired) electrons. The number of hydrogen-bond acceptors (Lipinski definition) is 3. The second kappa shape index (κ2) is 6.52. The molecule has 5 heteroatoms. The Hall–Kier alpha value is -1.62. The summed E-state index contributed by atoms with van der Waals surface area (Å²) in [7, 11) is 0. The SMILES string of the molecule is O=C(O)/C=C/c1cc(C(=O)NCCCC2CC2)cs1. The molecule has 102 valence electrons. The molecule has 1 fully saturated rings. The minimum atomic E-state index is -0.987. The highest BCUT2D eigenvalue weighted by atomic mass is 32.1. The predicted molar refractivity (Wildman–Crippen MR) is 75.3 cm³/mol. The molecular formula is C14H17NO3S. The molecule has 2 rings (SSSR count). The van der Waals surface area contributed by atoms with Crippen LogP contribution in [0.3, 0.4) is 0 Å². The maximum atomic E-state index is 11.8. The Bertz CT molecular complexity index is 489. The highest BCUT2D eigenvalue weighted by Gasteiger charge is 2.20. The van der Waals surface area contributed by atoms with Gasteiger partial charge in [-0.15, -0.1) is 11.3 Å². The van der Waals surface area contributed by atoms with E-state index in [2.05, 4.69) is 5.32 Å². The fourth-order valence-electron chi connectivity index (χ4n) is 1.81. The van der Waals surface area contributed by atoms with Crippen molar-refractivity contribution in [3.8, 4) is 0 Å². The summed E-state index contributed by atoms with van der Waals surface area (Å²) >= 11 is 1.36. The van der Waals surface area contributed by atoms with Crippen LogP contribution < -0.4 is 5.32 Å². The zero-order valence-corrected chi connectivity index (χ0v) is 11.4. The highest BCUT2D eigenvalue weighted by Crippen LogP contribution is 2.33. The molecule has 0 atom stereocenters. The summed E-state index contributed by atoms with van der Waals surface area (Å²) in [4.78, 5) is 23.0. The molecule has 0 aromatic carbocycles. The Balaban J connectivity index is 1.76. The smallest absolute Gasteiger partial charge is 0.328 e. The second-order valence-electron chi connectivity index (χ2n) is 4.75. The van der Waals surface area contributed by atoms with Crippen LogP contribution >= 0.6 is 11.3 Å². The van der Waals surface area contributed by atoms with Crippen LogP contribution in [0.5, 0.6) is 0 Å². The molecule has 0 saturated heterocycles. The maximum absolute atomic E-state index is 11.8. The van der Waals surface area contributed by atoms with Crippen molar-refractivity contribution >= 4 is 29.3 Å². The van der Waals surface area contributed by atoms with Gasteiger partial charge in [0.25, 0.3) is 5.91 Å². The monoisotopic (exact) mass is 279 g/mol. The molecule has 0 spiro atoms. The van der Waals surface area contributed by atoms with Crippen LogP contribution in [0.4, 0.5) is 0 Å². The number of carboxylic acids is 1. The molecule has 4 nitrogen and oxygen atoms in total. The predicted octanol–water partition coefficient (Wildman–Crippen LogP) is 2.77. The van der Waals surface area contributed by atoms with E-state index < -0.39 is 5.97 Å². The molecule has 1 heterocycles. The lowest BCUT2D eigenvalue weighted by molar-refractivity contribution is -0.131. The van der Waals surface area contributed by atoms with Gasteiger partial charge in [0.05, 0.1) is 5.56 Å². The van der Waals surface area contributed by atoms with Gasteiger partial charge in [-0.25, -0.2) is 4.79 Å². The lowest BCUT2D eigenvalue weighted by Gasteiger charge is -2.02. The van der Waals surface area contributed by atoms with Gasteiger partial charge in [0, 0.05) is 22.9 Å². The maximum Gasteiger partial charge on any atom is 0.328 e. The molecule has 2 N–H and O–H groups in total. The fourth-order valence-corrected chi connectivity index (χ4v) is 2.59. The van der Waals surface area contributed by atoms with E-state index in [1.54, 1.807) is 11.4 Å². The first-order valence-corrected chi connectivity index (χ1v) is 7.31. The zero-order chi connectivity index (χ0) is 13.7. The van der Waals surface area contributed by atoms with Crippen molar-refractivity contribution in [2.75, 3.05) is 6.54 Å². The van der Waals surface area contributed by atoms with Crippen molar-refractivity contribution in [3.63, 3.8) is 0 Å². The summed E-state index contributed by atoms with van der Waals surface area (Å²) in [6.07, 6.45) is 7.50. The summed E-state index contributed by atoms with van der Waals surface area (Å²) in [6.45, 7) is 0.714. The van der Waals surface area contributed by atoms with Crippen LogP contribution in [0.1, 0.15) is 40.9 Å². The van der Waals surface area contributed by atoms with E-state index >= 15 is 0 Å². The highest BCUT2D eigenvalue weighted by molar-refractivity contribution is 7.11. The van der Waals surface area contributed by atoms with Crippen molar-refractivity contribution in [2.45, 2.75) is 25.7 Å². The van der Waals surface area contributed by atoms with Gasteiger partial charge in [-0.2, -0.15) is 0 Å². The Morgan fingerprint density at radius 2 is 2.26 bits per heavy atom. The number of carbonyl (C=O) groups excluding carboxylic acids is 1. The third kappa shape index (κ3) is 4.87. The first-order chi connectivity index (χ1) is 9.15. The zero-order valence-electron chi connectivity index (χ0n) is 10.6. The van der Waals surface area contributed by atoms with Gasteiger partial charge < -0.3 is 10.4 Å². The summed E-state index contributed by atoms with van der Waals surface area (Å²) in [5, 5.41) is 13.2. The fraction of sp³-hybridized carbons (Fsp3) is 0.429. The Morgan fingerprint density at radius 3 is 2.95 bits per heavy atom. The van der Waals surface area contributed by atoms with Gasteiger partial charge in [0.1, 0.15) is 0 Å². The van der Waals surface area contributed by atoms with Crippen LogP contribution in [0.25, 0.3) is 6.08 Å². The summed E-state index contributed by atoms with van der Waals surface area (Å²) < 4.78 is 0. The Labute approximate surface area is 116 Å².